The lowest BCUT2D eigenvalue weighted by Crippen LogP contribution is -2.43. The lowest BCUT2D eigenvalue weighted by atomic mass is 10.1. The van der Waals surface area contributed by atoms with Crippen molar-refractivity contribution >= 4 is 52.3 Å². The van der Waals surface area contributed by atoms with Gasteiger partial charge in [-0.2, -0.15) is 0 Å². The second-order valence-electron chi connectivity index (χ2n) is 6.01. The molecule has 8 heteroatoms. The highest BCUT2D eigenvalue weighted by Gasteiger charge is 2.25. The summed E-state index contributed by atoms with van der Waals surface area (Å²) >= 11 is 1.58. The molecule has 0 atom stereocenters. The number of amides is 1. The number of aromatic nitrogens is 1. The first-order valence-electron chi connectivity index (χ1n) is 8.17. The van der Waals surface area contributed by atoms with Gasteiger partial charge in [-0.05, 0) is 44.2 Å². The lowest BCUT2D eigenvalue weighted by molar-refractivity contribution is 0.0676. The molecule has 4 rings (SSSR count). The number of piperidine rings is 1. The Morgan fingerprint density at radius 1 is 1.19 bits per heavy atom. The molecule has 0 spiro atoms. The van der Waals surface area contributed by atoms with Crippen LogP contribution in [0.1, 0.15) is 23.4 Å². The van der Waals surface area contributed by atoms with Gasteiger partial charge in [-0.15, -0.1) is 36.2 Å². The molecule has 1 aliphatic heterocycles. The number of benzene rings is 1. The van der Waals surface area contributed by atoms with Crippen LogP contribution in [-0.2, 0) is 0 Å². The first-order chi connectivity index (χ1) is 11.7. The van der Waals surface area contributed by atoms with Crippen molar-refractivity contribution in [3.05, 3.63) is 42.2 Å². The molecule has 3 aromatic rings. The Kier molecular flexibility index (Phi) is 7.06. The Morgan fingerprint density at radius 3 is 2.62 bits per heavy atom. The Hall–Kier alpha value is -1.60. The van der Waals surface area contributed by atoms with Crippen LogP contribution in [0.4, 0.5) is 0 Å². The molecule has 0 saturated carbocycles. The largest absolute Gasteiger partial charge is 0.448 e. The van der Waals surface area contributed by atoms with Gasteiger partial charge in [0.15, 0.2) is 16.5 Å². The number of para-hydroxylation sites is 1. The van der Waals surface area contributed by atoms with E-state index in [2.05, 4.69) is 10.3 Å². The van der Waals surface area contributed by atoms with Crippen molar-refractivity contribution in [2.45, 2.75) is 18.9 Å². The summed E-state index contributed by atoms with van der Waals surface area (Å²) in [6.45, 7) is 1.53. The zero-order chi connectivity index (χ0) is 16.5. The first kappa shape index (κ1) is 20.7. The second-order valence-corrected chi connectivity index (χ2v) is 7.04. The summed E-state index contributed by atoms with van der Waals surface area (Å²) < 4.78 is 6.93. The smallest absolute Gasteiger partial charge is 0.289 e. The average molecular weight is 414 g/mol. The van der Waals surface area contributed by atoms with E-state index in [0.717, 1.165) is 41.2 Å². The number of halogens is 2. The Bertz CT molecular complexity index is 839. The number of rotatable bonds is 3. The molecular formula is C18H21Cl2N3O2S. The zero-order valence-electron chi connectivity index (χ0n) is 14.3. The van der Waals surface area contributed by atoms with Gasteiger partial charge < -0.3 is 14.6 Å². The summed E-state index contributed by atoms with van der Waals surface area (Å²) in [7, 11) is 1.97. The van der Waals surface area contributed by atoms with Crippen molar-refractivity contribution in [3.8, 4) is 10.8 Å². The monoisotopic (exact) mass is 413 g/mol. The minimum Gasteiger partial charge on any atom is -0.448 e. The molecule has 26 heavy (non-hydrogen) atoms. The molecule has 1 amide bonds. The SMILES string of the molecule is CNC1CCN(C(=O)c2ccc(-c3nc4ccccc4s3)o2)CC1.Cl.Cl. The maximum Gasteiger partial charge on any atom is 0.289 e. The third kappa shape index (κ3) is 4.04. The van der Waals surface area contributed by atoms with Crippen LogP contribution in [0.15, 0.2) is 40.8 Å². The highest BCUT2D eigenvalue weighted by Crippen LogP contribution is 2.31. The molecule has 1 N–H and O–H groups in total. The lowest BCUT2D eigenvalue weighted by Gasteiger charge is -2.31. The quantitative estimate of drug-likeness (QED) is 0.697. The Labute approximate surface area is 168 Å². The van der Waals surface area contributed by atoms with Gasteiger partial charge in [-0.25, -0.2) is 4.98 Å². The molecule has 3 heterocycles. The van der Waals surface area contributed by atoms with E-state index in [0.29, 0.717) is 17.6 Å². The fraction of sp³-hybridized carbons (Fsp3) is 0.333. The van der Waals surface area contributed by atoms with Crippen LogP contribution in [0.5, 0.6) is 0 Å². The van der Waals surface area contributed by atoms with Gasteiger partial charge in [0.25, 0.3) is 5.91 Å². The van der Waals surface area contributed by atoms with Crippen molar-refractivity contribution in [1.29, 1.82) is 0 Å². The highest BCUT2D eigenvalue weighted by molar-refractivity contribution is 7.21. The maximum atomic E-state index is 12.6. The number of nitrogens with zero attached hydrogens (tertiary/aromatic N) is 2. The van der Waals surface area contributed by atoms with Gasteiger partial charge in [-0.3, -0.25) is 4.79 Å². The number of nitrogens with one attached hydrogen (secondary N) is 1. The summed E-state index contributed by atoms with van der Waals surface area (Å²) in [5, 5.41) is 4.08. The number of thiazole rings is 1. The van der Waals surface area contributed by atoms with Crippen LogP contribution in [0.3, 0.4) is 0 Å². The number of likely N-dealkylation sites (tertiary alicyclic amines) is 1. The van der Waals surface area contributed by atoms with Crippen molar-refractivity contribution in [2.75, 3.05) is 20.1 Å². The van der Waals surface area contributed by atoms with E-state index in [1.54, 1.807) is 17.4 Å². The summed E-state index contributed by atoms with van der Waals surface area (Å²) in [5.74, 6) is 1.02. The Balaban J connectivity index is 0.00000121. The summed E-state index contributed by atoms with van der Waals surface area (Å²) in [6, 6.07) is 12.1. The number of furan rings is 1. The molecule has 1 saturated heterocycles. The first-order valence-corrected chi connectivity index (χ1v) is 8.98. The van der Waals surface area contributed by atoms with E-state index in [1.165, 1.54) is 0 Å². The van der Waals surface area contributed by atoms with Gasteiger partial charge in [0.05, 0.1) is 10.2 Å². The average Bonchev–Trinajstić information content (AvgIpc) is 3.27. The van der Waals surface area contributed by atoms with E-state index in [-0.39, 0.29) is 30.7 Å². The highest BCUT2D eigenvalue weighted by atomic mass is 35.5. The number of hydrogen-bond donors (Lipinski definition) is 1. The number of carbonyl (C=O) groups is 1. The van der Waals surface area contributed by atoms with Crippen molar-refractivity contribution in [3.63, 3.8) is 0 Å². The predicted octanol–water partition coefficient (Wildman–Crippen LogP) is 4.22. The van der Waals surface area contributed by atoms with Crippen LogP contribution >= 0.6 is 36.2 Å². The topological polar surface area (TPSA) is 58.4 Å². The van der Waals surface area contributed by atoms with E-state index in [4.69, 9.17) is 4.42 Å². The fourth-order valence-corrected chi connectivity index (χ4v) is 4.00. The second kappa shape index (κ2) is 8.86. The van der Waals surface area contributed by atoms with Gasteiger partial charge in [0.2, 0.25) is 0 Å². The van der Waals surface area contributed by atoms with Crippen LogP contribution in [0.25, 0.3) is 21.0 Å². The van der Waals surface area contributed by atoms with E-state index < -0.39 is 0 Å². The molecule has 1 aliphatic rings. The summed E-state index contributed by atoms with van der Waals surface area (Å²) in [6.07, 6.45) is 1.96. The van der Waals surface area contributed by atoms with Crippen LogP contribution in [0.2, 0.25) is 0 Å². The molecule has 140 valence electrons. The fourth-order valence-electron chi connectivity index (χ4n) is 3.07. The van der Waals surface area contributed by atoms with Gasteiger partial charge in [0, 0.05) is 19.1 Å². The van der Waals surface area contributed by atoms with Gasteiger partial charge in [0.1, 0.15) is 0 Å². The Morgan fingerprint density at radius 2 is 1.92 bits per heavy atom. The molecule has 1 aromatic carbocycles. The molecule has 5 nitrogen and oxygen atoms in total. The molecular weight excluding hydrogens is 393 g/mol. The number of hydrogen-bond acceptors (Lipinski definition) is 5. The van der Waals surface area contributed by atoms with E-state index in [9.17, 15) is 4.79 Å². The van der Waals surface area contributed by atoms with E-state index in [1.807, 2.05) is 42.3 Å². The zero-order valence-corrected chi connectivity index (χ0v) is 16.8. The van der Waals surface area contributed by atoms with Crippen LogP contribution < -0.4 is 5.32 Å². The molecule has 2 aromatic heterocycles. The minimum absolute atomic E-state index is 0. The van der Waals surface area contributed by atoms with Crippen LogP contribution in [-0.4, -0.2) is 42.0 Å². The molecule has 0 aliphatic carbocycles. The number of carbonyl (C=O) groups excluding carboxylic acids is 1. The minimum atomic E-state index is -0.0306. The summed E-state index contributed by atoms with van der Waals surface area (Å²) in [4.78, 5) is 19.1. The predicted molar refractivity (Wildman–Crippen MR) is 110 cm³/mol. The third-order valence-electron chi connectivity index (χ3n) is 4.51. The summed E-state index contributed by atoms with van der Waals surface area (Å²) in [5.41, 5.74) is 0.955. The van der Waals surface area contributed by atoms with Crippen LogP contribution in [0, 0.1) is 0 Å². The van der Waals surface area contributed by atoms with E-state index >= 15 is 0 Å². The van der Waals surface area contributed by atoms with Gasteiger partial charge in [-0.1, -0.05) is 12.1 Å². The third-order valence-corrected chi connectivity index (χ3v) is 5.56. The maximum absolute atomic E-state index is 12.6. The molecule has 0 radical (unpaired) electrons. The molecule has 1 fully saturated rings. The molecule has 0 bridgehead atoms. The molecule has 0 unspecified atom stereocenters. The normalized spacial score (nSPS) is 14.7. The standard InChI is InChI=1S/C18H19N3O2S.2ClH/c1-19-12-8-10-21(11-9-12)18(22)15-7-6-14(23-15)17-20-13-4-2-3-5-16(13)24-17;;/h2-7,12,19H,8-11H2,1H3;2*1H. The van der Waals surface area contributed by atoms with Crippen molar-refractivity contribution < 1.29 is 9.21 Å². The van der Waals surface area contributed by atoms with Gasteiger partial charge >= 0.3 is 0 Å². The van der Waals surface area contributed by atoms with Crippen molar-refractivity contribution in [1.82, 2.24) is 15.2 Å². The number of fused-ring (bicyclic) bond motifs is 1. The van der Waals surface area contributed by atoms with Crippen molar-refractivity contribution in [2.24, 2.45) is 0 Å².